The molecule has 0 spiro atoms. The number of fused-ring (bicyclic) bond motifs is 1. The fraction of sp³-hybridized carbons (Fsp3) is 0.273. The van der Waals surface area contributed by atoms with Gasteiger partial charge in [0.15, 0.2) is 0 Å². The summed E-state index contributed by atoms with van der Waals surface area (Å²) in [7, 11) is 0. The number of benzene rings is 1. The van der Waals surface area contributed by atoms with Crippen LogP contribution in [-0.2, 0) is 0 Å². The summed E-state index contributed by atoms with van der Waals surface area (Å²) in [6.07, 6.45) is 0. The van der Waals surface area contributed by atoms with Gasteiger partial charge in [-0.15, -0.1) is 11.3 Å². The zero-order valence-electron chi connectivity index (χ0n) is 8.16. The molecule has 0 aliphatic heterocycles. The Morgan fingerprint density at radius 3 is 2.54 bits per heavy atom. The van der Waals surface area contributed by atoms with Crippen molar-refractivity contribution in [3.8, 4) is 5.75 Å². The van der Waals surface area contributed by atoms with Crippen molar-refractivity contribution in [3.05, 3.63) is 29.1 Å². The Morgan fingerprint density at radius 1 is 1.23 bits per heavy atom. The molecule has 0 amide bonds. The predicted octanol–water partition coefficient (Wildman–Crippen LogP) is 3.94. The van der Waals surface area contributed by atoms with E-state index in [1.165, 1.54) is 4.88 Å². The average Bonchev–Trinajstić information content (AvgIpc) is 2.51. The first-order valence-electron chi connectivity index (χ1n) is 4.45. The third-order valence-electron chi connectivity index (χ3n) is 1.66. The number of rotatable bonds is 0. The van der Waals surface area contributed by atoms with Gasteiger partial charge in [0, 0.05) is 15.0 Å². The lowest BCUT2D eigenvalue weighted by molar-refractivity contribution is 0.482. The minimum atomic E-state index is 0.381. The van der Waals surface area contributed by atoms with Crippen molar-refractivity contribution in [2.24, 2.45) is 0 Å². The standard InChI is InChI=1S/C9H8OS.C2H6/c1-6-5-7-8(10)3-2-4-9(7)11-6;1-2/h2-5,10H,1H3;1-2H3. The summed E-state index contributed by atoms with van der Waals surface area (Å²) in [5, 5.41) is 10.4. The van der Waals surface area contributed by atoms with Gasteiger partial charge in [0.1, 0.15) is 5.75 Å². The highest BCUT2D eigenvalue weighted by molar-refractivity contribution is 7.19. The zero-order valence-corrected chi connectivity index (χ0v) is 8.98. The second-order valence-electron chi connectivity index (χ2n) is 2.55. The molecule has 0 radical (unpaired) electrons. The van der Waals surface area contributed by atoms with E-state index in [1.807, 2.05) is 39.0 Å². The van der Waals surface area contributed by atoms with Crippen molar-refractivity contribution >= 4 is 21.4 Å². The highest BCUT2D eigenvalue weighted by Gasteiger charge is 2.00. The van der Waals surface area contributed by atoms with E-state index in [-0.39, 0.29) is 0 Å². The Morgan fingerprint density at radius 2 is 1.92 bits per heavy atom. The molecule has 0 aliphatic rings. The number of phenolic OH excluding ortho intramolecular Hbond substituents is 1. The van der Waals surface area contributed by atoms with Gasteiger partial charge in [-0.1, -0.05) is 19.9 Å². The zero-order chi connectivity index (χ0) is 9.84. The van der Waals surface area contributed by atoms with Gasteiger partial charge in [0.2, 0.25) is 0 Å². The van der Waals surface area contributed by atoms with Crippen LogP contribution < -0.4 is 0 Å². The molecule has 0 saturated carbocycles. The molecule has 13 heavy (non-hydrogen) atoms. The van der Waals surface area contributed by atoms with E-state index in [1.54, 1.807) is 17.4 Å². The fourth-order valence-corrected chi connectivity index (χ4v) is 2.12. The molecular weight excluding hydrogens is 180 g/mol. The summed E-state index contributed by atoms with van der Waals surface area (Å²) in [4.78, 5) is 1.24. The number of aromatic hydroxyl groups is 1. The summed E-state index contributed by atoms with van der Waals surface area (Å²) < 4.78 is 1.16. The highest BCUT2D eigenvalue weighted by atomic mass is 32.1. The molecule has 70 valence electrons. The topological polar surface area (TPSA) is 20.2 Å². The number of aryl methyl sites for hydroxylation is 1. The molecule has 2 aromatic rings. The third kappa shape index (κ3) is 2.01. The second-order valence-corrected chi connectivity index (χ2v) is 3.83. The summed E-state index contributed by atoms with van der Waals surface area (Å²) in [5.74, 6) is 0.381. The molecule has 0 fully saturated rings. The van der Waals surface area contributed by atoms with Crippen LogP contribution in [0.15, 0.2) is 24.3 Å². The molecular formula is C11H14OS. The minimum absolute atomic E-state index is 0.381. The summed E-state index contributed by atoms with van der Waals surface area (Å²) in [6, 6.07) is 7.62. The first kappa shape index (κ1) is 10.1. The molecule has 2 heteroatoms. The minimum Gasteiger partial charge on any atom is -0.507 e. The number of thiophene rings is 1. The molecule has 0 atom stereocenters. The largest absolute Gasteiger partial charge is 0.507 e. The van der Waals surface area contributed by atoms with Crippen LogP contribution in [0.25, 0.3) is 10.1 Å². The molecule has 0 bridgehead atoms. The van der Waals surface area contributed by atoms with Crippen molar-refractivity contribution in [3.63, 3.8) is 0 Å². The number of hydrogen-bond acceptors (Lipinski definition) is 2. The number of phenols is 1. The molecule has 0 saturated heterocycles. The molecule has 2 rings (SSSR count). The van der Waals surface area contributed by atoms with E-state index in [9.17, 15) is 5.11 Å². The van der Waals surface area contributed by atoms with E-state index in [2.05, 4.69) is 0 Å². The molecule has 1 heterocycles. The summed E-state index contributed by atoms with van der Waals surface area (Å²) in [5.41, 5.74) is 0. The van der Waals surface area contributed by atoms with Gasteiger partial charge >= 0.3 is 0 Å². The van der Waals surface area contributed by atoms with E-state index in [4.69, 9.17) is 0 Å². The maximum absolute atomic E-state index is 9.39. The Bertz CT molecular complexity index is 390. The van der Waals surface area contributed by atoms with Crippen molar-refractivity contribution in [2.75, 3.05) is 0 Å². The molecule has 1 N–H and O–H groups in total. The second kappa shape index (κ2) is 4.28. The quantitative estimate of drug-likeness (QED) is 0.673. The van der Waals surface area contributed by atoms with Crippen LogP contribution in [0.2, 0.25) is 0 Å². The lowest BCUT2D eigenvalue weighted by Crippen LogP contribution is -1.63. The Kier molecular flexibility index (Phi) is 3.32. The van der Waals surface area contributed by atoms with Gasteiger partial charge in [-0.05, 0) is 25.1 Å². The SMILES string of the molecule is CC.Cc1cc2c(O)cccc2s1. The molecule has 1 nitrogen and oxygen atoms in total. The van der Waals surface area contributed by atoms with Crippen molar-refractivity contribution in [2.45, 2.75) is 20.8 Å². The van der Waals surface area contributed by atoms with Gasteiger partial charge in [-0.25, -0.2) is 0 Å². The van der Waals surface area contributed by atoms with E-state index in [0.717, 1.165) is 10.1 Å². The predicted molar refractivity (Wildman–Crippen MR) is 59.6 cm³/mol. The van der Waals surface area contributed by atoms with E-state index >= 15 is 0 Å². The van der Waals surface area contributed by atoms with Gasteiger partial charge in [0.05, 0.1) is 0 Å². The Hall–Kier alpha value is -1.02. The molecule has 0 unspecified atom stereocenters. The van der Waals surface area contributed by atoms with Gasteiger partial charge in [0.25, 0.3) is 0 Å². The molecule has 1 aromatic heterocycles. The normalized spacial score (nSPS) is 9.46. The highest BCUT2D eigenvalue weighted by Crippen LogP contribution is 2.30. The maximum atomic E-state index is 9.39. The van der Waals surface area contributed by atoms with Crippen LogP contribution in [0, 0.1) is 6.92 Å². The van der Waals surface area contributed by atoms with E-state index in [0.29, 0.717) is 5.75 Å². The molecule has 1 aromatic carbocycles. The van der Waals surface area contributed by atoms with Crippen molar-refractivity contribution in [1.82, 2.24) is 0 Å². The summed E-state index contributed by atoms with van der Waals surface area (Å²) >= 11 is 1.71. The smallest absolute Gasteiger partial charge is 0.124 e. The van der Waals surface area contributed by atoms with Crippen LogP contribution in [0.4, 0.5) is 0 Å². The number of hydrogen-bond donors (Lipinski definition) is 1. The van der Waals surface area contributed by atoms with Crippen LogP contribution in [-0.4, -0.2) is 5.11 Å². The average molecular weight is 194 g/mol. The Balaban J connectivity index is 0.000000396. The lowest BCUT2D eigenvalue weighted by Gasteiger charge is -1.90. The van der Waals surface area contributed by atoms with Gasteiger partial charge < -0.3 is 5.11 Å². The van der Waals surface area contributed by atoms with Crippen LogP contribution in [0.3, 0.4) is 0 Å². The fourth-order valence-electron chi connectivity index (χ4n) is 1.17. The monoisotopic (exact) mass is 194 g/mol. The van der Waals surface area contributed by atoms with Gasteiger partial charge in [-0.3, -0.25) is 0 Å². The van der Waals surface area contributed by atoms with E-state index < -0.39 is 0 Å². The van der Waals surface area contributed by atoms with Crippen LogP contribution in [0.1, 0.15) is 18.7 Å². The van der Waals surface area contributed by atoms with Crippen molar-refractivity contribution in [1.29, 1.82) is 0 Å². The lowest BCUT2D eigenvalue weighted by atomic mass is 10.2. The van der Waals surface area contributed by atoms with Crippen LogP contribution >= 0.6 is 11.3 Å². The third-order valence-corrected chi connectivity index (χ3v) is 2.68. The first-order valence-corrected chi connectivity index (χ1v) is 5.27. The Labute approximate surface area is 82.6 Å². The van der Waals surface area contributed by atoms with Crippen LogP contribution in [0.5, 0.6) is 5.75 Å². The molecule has 0 aliphatic carbocycles. The first-order chi connectivity index (χ1) is 6.27. The maximum Gasteiger partial charge on any atom is 0.124 e. The van der Waals surface area contributed by atoms with Gasteiger partial charge in [-0.2, -0.15) is 0 Å². The summed E-state index contributed by atoms with van der Waals surface area (Å²) in [6.45, 7) is 6.05. The van der Waals surface area contributed by atoms with Crippen molar-refractivity contribution < 1.29 is 5.11 Å².